The number of nitrogens with zero attached hydrogens (tertiary/aromatic N) is 1. The number of hydrogen-bond acceptors (Lipinski definition) is 4. The molecule has 1 aliphatic rings. The Morgan fingerprint density at radius 1 is 1.03 bits per heavy atom. The minimum atomic E-state index is -1.31. The number of aliphatic carboxylic acids is 1. The van der Waals surface area contributed by atoms with Crippen molar-refractivity contribution in [3.63, 3.8) is 0 Å². The minimum absolute atomic E-state index is 0.0152. The van der Waals surface area contributed by atoms with E-state index in [1.807, 2.05) is 30.3 Å². The van der Waals surface area contributed by atoms with Crippen LogP contribution in [-0.4, -0.2) is 34.2 Å². The molecule has 7 heteroatoms. The first kappa shape index (κ1) is 23.3. The van der Waals surface area contributed by atoms with Gasteiger partial charge < -0.3 is 14.6 Å². The number of carboxylic acids is 1. The summed E-state index contributed by atoms with van der Waals surface area (Å²) in [5.74, 6) is -0.741. The maximum absolute atomic E-state index is 14.0. The second kappa shape index (κ2) is 9.95. The lowest BCUT2D eigenvalue weighted by molar-refractivity contribution is -0.147. The molecule has 1 saturated heterocycles. The SMILES string of the molecule is CC1(C(=O)O)CCCN1C(=O)Oc1cc(OCc2ccccc2F)ccc1Cc1ccccc1. The lowest BCUT2D eigenvalue weighted by atomic mass is 10.00. The third-order valence-electron chi connectivity index (χ3n) is 6.15. The molecule has 1 unspecified atom stereocenters. The Morgan fingerprint density at radius 2 is 1.76 bits per heavy atom. The molecule has 34 heavy (non-hydrogen) atoms. The van der Waals surface area contributed by atoms with Gasteiger partial charge in [0.05, 0.1) is 0 Å². The van der Waals surface area contributed by atoms with Crippen LogP contribution >= 0.6 is 0 Å². The Hall–Kier alpha value is -3.87. The molecule has 1 heterocycles. The molecule has 0 spiro atoms. The summed E-state index contributed by atoms with van der Waals surface area (Å²) < 4.78 is 25.5. The van der Waals surface area contributed by atoms with Gasteiger partial charge in [-0.15, -0.1) is 0 Å². The van der Waals surface area contributed by atoms with Gasteiger partial charge in [0.1, 0.15) is 29.5 Å². The van der Waals surface area contributed by atoms with Crippen LogP contribution in [0.1, 0.15) is 36.5 Å². The van der Waals surface area contributed by atoms with Gasteiger partial charge in [0, 0.05) is 24.6 Å². The van der Waals surface area contributed by atoms with Crippen molar-refractivity contribution in [3.05, 3.63) is 95.3 Å². The number of carbonyl (C=O) groups excluding carboxylic acids is 1. The fourth-order valence-electron chi connectivity index (χ4n) is 4.09. The standard InChI is InChI=1S/C27H26FNO5/c1-27(25(30)31)14-7-15-29(27)26(32)34-24-17-22(33-18-21-10-5-6-11-23(21)28)13-12-20(24)16-19-8-3-2-4-9-19/h2-6,8-13,17H,7,14-16,18H2,1H3,(H,30,31). The number of benzene rings is 3. The summed E-state index contributed by atoms with van der Waals surface area (Å²) >= 11 is 0. The first-order chi connectivity index (χ1) is 16.4. The molecular formula is C27H26FNO5. The van der Waals surface area contributed by atoms with Crippen LogP contribution in [0.5, 0.6) is 11.5 Å². The van der Waals surface area contributed by atoms with Crippen molar-refractivity contribution in [2.24, 2.45) is 0 Å². The highest BCUT2D eigenvalue weighted by molar-refractivity contribution is 5.85. The summed E-state index contributed by atoms with van der Waals surface area (Å²) in [4.78, 5) is 26.1. The lowest BCUT2D eigenvalue weighted by Crippen LogP contribution is -2.51. The topological polar surface area (TPSA) is 76.1 Å². The summed E-state index contributed by atoms with van der Waals surface area (Å²) in [5.41, 5.74) is 0.865. The number of amides is 1. The van der Waals surface area contributed by atoms with Crippen molar-refractivity contribution in [1.82, 2.24) is 4.90 Å². The van der Waals surface area contributed by atoms with E-state index in [1.54, 1.807) is 36.4 Å². The minimum Gasteiger partial charge on any atom is -0.489 e. The molecule has 1 N–H and O–H groups in total. The van der Waals surface area contributed by atoms with Crippen molar-refractivity contribution in [2.75, 3.05) is 6.54 Å². The molecule has 1 aliphatic heterocycles. The van der Waals surface area contributed by atoms with Gasteiger partial charge in [-0.2, -0.15) is 0 Å². The van der Waals surface area contributed by atoms with Crippen molar-refractivity contribution in [2.45, 2.75) is 38.3 Å². The van der Waals surface area contributed by atoms with E-state index in [0.29, 0.717) is 37.1 Å². The van der Waals surface area contributed by atoms with E-state index in [1.165, 1.54) is 17.9 Å². The maximum Gasteiger partial charge on any atom is 0.416 e. The highest BCUT2D eigenvalue weighted by Gasteiger charge is 2.47. The third kappa shape index (κ3) is 5.03. The molecule has 1 atom stereocenters. The monoisotopic (exact) mass is 463 g/mol. The number of carboxylic acid groups (broad SMARTS) is 1. The molecule has 0 bridgehead atoms. The van der Waals surface area contributed by atoms with Gasteiger partial charge in [-0.3, -0.25) is 4.90 Å². The predicted molar refractivity (Wildman–Crippen MR) is 124 cm³/mol. The zero-order valence-electron chi connectivity index (χ0n) is 18.9. The van der Waals surface area contributed by atoms with Crippen LogP contribution in [0.25, 0.3) is 0 Å². The van der Waals surface area contributed by atoms with Crippen LogP contribution in [0.2, 0.25) is 0 Å². The van der Waals surface area contributed by atoms with Crippen LogP contribution in [0, 0.1) is 5.82 Å². The van der Waals surface area contributed by atoms with Gasteiger partial charge in [0.2, 0.25) is 0 Å². The Bertz CT molecular complexity index is 1180. The quantitative estimate of drug-likeness (QED) is 0.505. The van der Waals surface area contributed by atoms with Gasteiger partial charge in [-0.25, -0.2) is 14.0 Å². The zero-order chi connectivity index (χ0) is 24.1. The summed E-state index contributed by atoms with van der Waals surface area (Å²) in [6, 6.07) is 21.2. The number of hydrogen-bond donors (Lipinski definition) is 1. The van der Waals surface area contributed by atoms with E-state index >= 15 is 0 Å². The molecular weight excluding hydrogens is 437 g/mol. The fraction of sp³-hybridized carbons (Fsp3) is 0.259. The van der Waals surface area contributed by atoms with Gasteiger partial charge in [-0.1, -0.05) is 54.6 Å². The maximum atomic E-state index is 14.0. The largest absolute Gasteiger partial charge is 0.489 e. The smallest absolute Gasteiger partial charge is 0.416 e. The average Bonchev–Trinajstić information content (AvgIpc) is 3.24. The Balaban J connectivity index is 1.59. The number of halogens is 1. The highest BCUT2D eigenvalue weighted by atomic mass is 19.1. The number of rotatable bonds is 7. The van der Waals surface area contributed by atoms with Crippen LogP contribution in [0.15, 0.2) is 72.8 Å². The Morgan fingerprint density at radius 3 is 2.50 bits per heavy atom. The van der Waals surface area contributed by atoms with E-state index in [-0.39, 0.29) is 18.2 Å². The van der Waals surface area contributed by atoms with Gasteiger partial charge in [0.15, 0.2) is 0 Å². The molecule has 0 aromatic heterocycles. The van der Waals surface area contributed by atoms with Crippen LogP contribution in [0.4, 0.5) is 9.18 Å². The van der Waals surface area contributed by atoms with Gasteiger partial charge in [0.25, 0.3) is 0 Å². The fourth-order valence-corrected chi connectivity index (χ4v) is 4.09. The molecule has 0 radical (unpaired) electrons. The number of ether oxygens (including phenoxy) is 2. The highest BCUT2D eigenvalue weighted by Crippen LogP contribution is 2.33. The van der Waals surface area contributed by atoms with Crippen molar-refractivity contribution < 1.29 is 28.6 Å². The Labute approximate surface area is 197 Å². The summed E-state index contributed by atoms with van der Waals surface area (Å²) in [7, 11) is 0. The average molecular weight is 464 g/mol. The second-order valence-corrected chi connectivity index (χ2v) is 8.51. The van der Waals surface area contributed by atoms with Crippen molar-refractivity contribution in [3.8, 4) is 11.5 Å². The zero-order valence-corrected chi connectivity index (χ0v) is 18.9. The molecule has 1 fully saturated rings. The van der Waals surface area contributed by atoms with E-state index < -0.39 is 17.6 Å². The second-order valence-electron chi connectivity index (χ2n) is 8.51. The third-order valence-corrected chi connectivity index (χ3v) is 6.15. The lowest BCUT2D eigenvalue weighted by Gasteiger charge is -2.30. The first-order valence-corrected chi connectivity index (χ1v) is 11.1. The van der Waals surface area contributed by atoms with Crippen LogP contribution in [-0.2, 0) is 17.8 Å². The van der Waals surface area contributed by atoms with E-state index in [2.05, 4.69) is 0 Å². The number of carbonyl (C=O) groups is 2. The van der Waals surface area contributed by atoms with Gasteiger partial charge in [-0.05, 0) is 43.0 Å². The van der Waals surface area contributed by atoms with E-state index in [4.69, 9.17) is 9.47 Å². The van der Waals surface area contributed by atoms with E-state index in [0.717, 1.165) is 11.1 Å². The summed E-state index contributed by atoms with van der Waals surface area (Å²) in [5, 5.41) is 9.65. The molecule has 4 rings (SSSR count). The molecule has 0 aliphatic carbocycles. The molecule has 176 valence electrons. The number of likely N-dealkylation sites (tertiary alicyclic amines) is 1. The van der Waals surface area contributed by atoms with Crippen molar-refractivity contribution in [1.29, 1.82) is 0 Å². The predicted octanol–water partition coefficient (Wildman–Crippen LogP) is 5.43. The molecule has 1 amide bonds. The molecule has 3 aromatic rings. The van der Waals surface area contributed by atoms with Crippen LogP contribution in [0.3, 0.4) is 0 Å². The van der Waals surface area contributed by atoms with Gasteiger partial charge >= 0.3 is 12.1 Å². The normalized spacial score (nSPS) is 17.4. The first-order valence-electron chi connectivity index (χ1n) is 11.1. The molecule has 0 saturated carbocycles. The summed E-state index contributed by atoms with van der Waals surface area (Å²) in [6.07, 6.45) is 0.733. The Kier molecular flexibility index (Phi) is 6.82. The van der Waals surface area contributed by atoms with Crippen molar-refractivity contribution >= 4 is 12.1 Å². The summed E-state index contributed by atoms with van der Waals surface area (Å²) in [6.45, 7) is 1.85. The molecule has 6 nitrogen and oxygen atoms in total. The van der Waals surface area contributed by atoms with E-state index in [9.17, 15) is 19.1 Å². The molecule has 3 aromatic carbocycles. The van der Waals surface area contributed by atoms with Crippen LogP contribution < -0.4 is 9.47 Å².